The van der Waals surface area contributed by atoms with Crippen molar-refractivity contribution >= 4 is 29.1 Å². The number of ether oxygens (including phenoxy) is 2. The molecule has 4 rings (SSSR count). The van der Waals surface area contributed by atoms with Crippen molar-refractivity contribution < 1.29 is 19.1 Å². The number of amides is 2. The summed E-state index contributed by atoms with van der Waals surface area (Å²) in [5.41, 5.74) is 2.03. The zero-order valence-electron chi connectivity index (χ0n) is 15.5. The van der Waals surface area contributed by atoms with Crippen LogP contribution in [0.15, 0.2) is 36.4 Å². The van der Waals surface area contributed by atoms with Gasteiger partial charge in [0.2, 0.25) is 5.91 Å². The molecular weight excluding hydrogens is 380 g/mol. The van der Waals surface area contributed by atoms with Gasteiger partial charge in [-0.05, 0) is 54.3 Å². The lowest BCUT2D eigenvalue weighted by molar-refractivity contribution is -0.117. The van der Waals surface area contributed by atoms with E-state index in [2.05, 4.69) is 17.6 Å². The lowest BCUT2D eigenvalue weighted by Gasteiger charge is -2.20. The first-order valence-electron chi connectivity index (χ1n) is 9.28. The van der Waals surface area contributed by atoms with E-state index in [-0.39, 0.29) is 17.7 Å². The monoisotopic (exact) mass is 400 g/mol. The van der Waals surface area contributed by atoms with E-state index in [0.717, 1.165) is 12.0 Å². The first-order valence-corrected chi connectivity index (χ1v) is 9.66. The normalized spacial score (nSPS) is 19.6. The maximum absolute atomic E-state index is 12.4. The molecule has 0 spiro atoms. The summed E-state index contributed by atoms with van der Waals surface area (Å²) in [6.07, 6.45) is 0.941. The van der Waals surface area contributed by atoms with Gasteiger partial charge in [-0.2, -0.15) is 0 Å². The van der Waals surface area contributed by atoms with E-state index in [1.807, 2.05) is 6.07 Å². The van der Waals surface area contributed by atoms with Crippen LogP contribution in [-0.2, 0) is 11.3 Å². The molecule has 0 bridgehead atoms. The zero-order valence-corrected chi connectivity index (χ0v) is 16.2. The minimum absolute atomic E-state index is 0.0418. The maximum atomic E-state index is 12.4. The summed E-state index contributed by atoms with van der Waals surface area (Å²) in [5, 5.41) is 6.21. The molecule has 2 aliphatic rings. The van der Waals surface area contributed by atoms with Gasteiger partial charge in [-0.1, -0.05) is 18.5 Å². The Morgan fingerprint density at radius 3 is 2.57 bits per heavy atom. The van der Waals surface area contributed by atoms with Crippen molar-refractivity contribution in [2.75, 3.05) is 18.5 Å². The van der Waals surface area contributed by atoms with Gasteiger partial charge in [0.25, 0.3) is 5.91 Å². The molecule has 2 aromatic carbocycles. The van der Waals surface area contributed by atoms with Crippen LogP contribution < -0.4 is 20.1 Å². The Bertz CT molecular complexity index is 913. The molecule has 7 heteroatoms. The van der Waals surface area contributed by atoms with Crippen molar-refractivity contribution in [2.45, 2.75) is 19.9 Å². The lowest BCUT2D eigenvalue weighted by atomic mass is 10.1. The Hall–Kier alpha value is -2.73. The average Bonchev–Trinajstić information content (AvgIpc) is 3.43. The topological polar surface area (TPSA) is 76.7 Å². The molecule has 146 valence electrons. The molecule has 2 aromatic rings. The van der Waals surface area contributed by atoms with E-state index >= 15 is 0 Å². The van der Waals surface area contributed by atoms with E-state index < -0.39 is 0 Å². The molecule has 2 N–H and O–H groups in total. The number of rotatable bonds is 5. The van der Waals surface area contributed by atoms with Crippen molar-refractivity contribution in [3.05, 3.63) is 52.5 Å². The number of anilines is 1. The Labute approximate surface area is 168 Å². The standard InChI is InChI=1S/C21H21ClN2O4/c1-12-8-16(12)21(26)24-15-4-2-14(3-5-15)20(25)23-11-13-9-17(22)19-18(10-13)27-6-7-28-19/h2-5,9-10,12,16H,6-8,11H2,1H3,(H,23,25)(H,24,26). The number of fused-ring (bicyclic) bond motifs is 1. The second-order valence-electron chi connectivity index (χ2n) is 7.17. The minimum Gasteiger partial charge on any atom is -0.486 e. The van der Waals surface area contributed by atoms with Gasteiger partial charge in [-0.15, -0.1) is 0 Å². The van der Waals surface area contributed by atoms with E-state index in [9.17, 15) is 9.59 Å². The number of hydrogen-bond acceptors (Lipinski definition) is 4. The molecule has 2 atom stereocenters. The highest BCUT2D eigenvalue weighted by atomic mass is 35.5. The second-order valence-corrected chi connectivity index (χ2v) is 7.58. The van der Waals surface area contributed by atoms with Crippen LogP contribution in [0, 0.1) is 11.8 Å². The Morgan fingerprint density at radius 2 is 1.86 bits per heavy atom. The van der Waals surface area contributed by atoms with Gasteiger partial charge in [0, 0.05) is 23.7 Å². The first-order chi connectivity index (χ1) is 13.5. The van der Waals surface area contributed by atoms with Crippen LogP contribution in [-0.4, -0.2) is 25.0 Å². The van der Waals surface area contributed by atoms with E-state index in [4.69, 9.17) is 21.1 Å². The van der Waals surface area contributed by atoms with Gasteiger partial charge in [0.1, 0.15) is 13.2 Å². The summed E-state index contributed by atoms with van der Waals surface area (Å²) in [5.74, 6) is 1.54. The number of carbonyl (C=O) groups excluding carboxylic acids is 2. The minimum atomic E-state index is -0.209. The van der Waals surface area contributed by atoms with Crippen molar-refractivity contribution in [1.82, 2.24) is 5.32 Å². The predicted molar refractivity (Wildman–Crippen MR) is 106 cm³/mol. The van der Waals surface area contributed by atoms with Crippen LogP contribution in [0.4, 0.5) is 5.69 Å². The molecular formula is C21H21ClN2O4. The van der Waals surface area contributed by atoms with E-state index in [1.165, 1.54) is 0 Å². The quantitative estimate of drug-likeness (QED) is 0.803. The highest BCUT2D eigenvalue weighted by molar-refractivity contribution is 6.32. The van der Waals surface area contributed by atoms with Gasteiger partial charge in [0.05, 0.1) is 5.02 Å². The molecule has 2 amide bonds. The van der Waals surface area contributed by atoms with Crippen LogP contribution in [0.1, 0.15) is 29.3 Å². The highest BCUT2D eigenvalue weighted by Crippen LogP contribution is 2.39. The van der Waals surface area contributed by atoms with Gasteiger partial charge in [-0.3, -0.25) is 9.59 Å². The Morgan fingerprint density at radius 1 is 1.14 bits per heavy atom. The lowest BCUT2D eigenvalue weighted by Crippen LogP contribution is -2.23. The molecule has 28 heavy (non-hydrogen) atoms. The summed E-state index contributed by atoms with van der Waals surface area (Å²) in [6.45, 7) is 3.32. The summed E-state index contributed by atoms with van der Waals surface area (Å²) in [7, 11) is 0. The van der Waals surface area contributed by atoms with E-state index in [1.54, 1.807) is 30.3 Å². The molecule has 1 fully saturated rings. The van der Waals surface area contributed by atoms with E-state index in [0.29, 0.717) is 53.4 Å². The molecule has 0 radical (unpaired) electrons. The molecule has 1 aliphatic carbocycles. The summed E-state index contributed by atoms with van der Waals surface area (Å²) < 4.78 is 11.0. The molecule has 6 nitrogen and oxygen atoms in total. The third-order valence-electron chi connectivity index (χ3n) is 4.97. The van der Waals surface area contributed by atoms with Crippen molar-refractivity contribution in [2.24, 2.45) is 11.8 Å². The summed E-state index contributed by atoms with van der Waals surface area (Å²) in [6, 6.07) is 10.4. The van der Waals surface area contributed by atoms with Crippen LogP contribution in [0.25, 0.3) is 0 Å². The highest BCUT2D eigenvalue weighted by Gasteiger charge is 2.39. The Kier molecular flexibility index (Phi) is 5.13. The SMILES string of the molecule is CC1CC1C(=O)Nc1ccc(C(=O)NCc2cc(Cl)c3c(c2)OCCO3)cc1. The molecule has 1 heterocycles. The Balaban J connectivity index is 1.35. The smallest absolute Gasteiger partial charge is 0.251 e. The van der Waals surface area contributed by atoms with Gasteiger partial charge >= 0.3 is 0 Å². The van der Waals surface area contributed by atoms with Crippen LogP contribution in [0.2, 0.25) is 5.02 Å². The fourth-order valence-corrected chi connectivity index (χ4v) is 3.47. The van der Waals surface area contributed by atoms with Crippen molar-refractivity contribution in [3.63, 3.8) is 0 Å². The fraction of sp³-hybridized carbons (Fsp3) is 0.333. The molecule has 2 unspecified atom stereocenters. The molecule has 0 aromatic heterocycles. The van der Waals surface area contributed by atoms with Crippen molar-refractivity contribution in [1.29, 1.82) is 0 Å². The third kappa shape index (κ3) is 4.07. The third-order valence-corrected chi connectivity index (χ3v) is 5.25. The number of benzene rings is 2. The fourth-order valence-electron chi connectivity index (χ4n) is 3.18. The number of nitrogens with one attached hydrogen (secondary N) is 2. The molecule has 1 aliphatic heterocycles. The van der Waals surface area contributed by atoms with Gasteiger partial charge in [0.15, 0.2) is 11.5 Å². The molecule has 0 saturated heterocycles. The van der Waals surface area contributed by atoms with Gasteiger partial charge in [-0.25, -0.2) is 0 Å². The maximum Gasteiger partial charge on any atom is 0.251 e. The zero-order chi connectivity index (χ0) is 19.7. The number of hydrogen-bond donors (Lipinski definition) is 2. The molecule has 1 saturated carbocycles. The van der Waals surface area contributed by atoms with Crippen molar-refractivity contribution in [3.8, 4) is 11.5 Å². The predicted octanol–water partition coefficient (Wildman–Crippen LogP) is 3.64. The average molecular weight is 401 g/mol. The van der Waals surface area contributed by atoms with Gasteiger partial charge < -0.3 is 20.1 Å². The van der Waals surface area contributed by atoms with Crippen LogP contribution in [0.3, 0.4) is 0 Å². The second kappa shape index (κ2) is 7.72. The number of halogens is 1. The van der Waals surface area contributed by atoms with Crippen LogP contribution in [0.5, 0.6) is 11.5 Å². The number of carbonyl (C=O) groups is 2. The largest absolute Gasteiger partial charge is 0.486 e. The first kappa shape index (κ1) is 18.6. The summed E-state index contributed by atoms with van der Waals surface area (Å²) in [4.78, 5) is 24.4. The summed E-state index contributed by atoms with van der Waals surface area (Å²) >= 11 is 6.22. The van der Waals surface area contributed by atoms with Crippen LogP contribution >= 0.6 is 11.6 Å².